The fourth-order valence-corrected chi connectivity index (χ4v) is 3.71. The van der Waals surface area contributed by atoms with Crippen LogP contribution < -0.4 is 5.32 Å². The fraction of sp³-hybridized carbons (Fsp3) is 0.300. The maximum atomic E-state index is 12.9. The highest BCUT2D eigenvalue weighted by Crippen LogP contribution is 2.27. The van der Waals surface area contributed by atoms with E-state index in [0.29, 0.717) is 24.0 Å². The van der Waals surface area contributed by atoms with E-state index >= 15 is 0 Å². The molecule has 2 aromatic carbocycles. The second-order valence-corrected chi connectivity index (χ2v) is 6.85. The molecule has 0 aliphatic carbocycles. The predicted molar refractivity (Wildman–Crippen MR) is 97.6 cm³/mol. The summed E-state index contributed by atoms with van der Waals surface area (Å²) in [6, 6.07) is 13.0. The molecule has 1 aromatic heterocycles. The molecular formula is C20H18F3N3O. The van der Waals surface area contributed by atoms with Crippen molar-refractivity contribution in [2.24, 2.45) is 0 Å². The summed E-state index contributed by atoms with van der Waals surface area (Å²) >= 11 is 0. The van der Waals surface area contributed by atoms with Gasteiger partial charge in [0.2, 0.25) is 0 Å². The number of amides is 1. The predicted octanol–water partition coefficient (Wildman–Crippen LogP) is 3.75. The minimum atomic E-state index is -4.22. The number of nitrogens with one attached hydrogen (secondary N) is 1. The zero-order valence-electron chi connectivity index (χ0n) is 14.5. The van der Waals surface area contributed by atoms with Gasteiger partial charge in [-0.15, -0.1) is 0 Å². The van der Waals surface area contributed by atoms with Crippen LogP contribution in [0.25, 0.3) is 21.7 Å². The van der Waals surface area contributed by atoms with Gasteiger partial charge in [-0.25, -0.2) is 0 Å². The summed E-state index contributed by atoms with van der Waals surface area (Å²) in [7, 11) is 0. The number of aromatic nitrogens is 1. The summed E-state index contributed by atoms with van der Waals surface area (Å²) in [5, 5.41) is 5.69. The third-order valence-corrected chi connectivity index (χ3v) is 4.87. The van der Waals surface area contributed by atoms with Crippen molar-refractivity contribution in [2.75, 3.05) is 19.6 Å². The lowest BCUT2D eigenvalue weighted by Gasteiger charge is -2.18. The second-order valence-electron chi connectivity index (χ2n) is 6.85. The number of likely N-dealkylation sites (tertiary alicyclic amines) is 1. The molecule has 0 unspecified atom stereocenters. The zero-order chi connectivity index (χ0) is 19.0. The van der Waals surface area contributed by atoms with Gasteiger partial charge in [0.1, 0.15) is 0 Å². The third kappa shape index (κ3) is 3.73. The maximum absolute atomic E-state index is 12.9. The highest BCUT2D eigenvalue weighted by molar-refractivity contribution is 6.15. The second kappa shape index (κ2) is 6.81. The first-order valence-corrected chi connectivity index (χ1v) is 8.77. The summed E-state index contributed by atoms with van der Waals surface area (Å²) < 4.78 is 37.6. The van der Waals surface area contributed by atoms with Crippen LogP contribution in [0.2, 0.25) is 0 Å². The molecule has 0 spiro atoms. The van der Waals surface area contributed by atoms with Crippen LogP contribution in [0.3, 0.4) is 0 Å². The lowest BCUT2D eigenvalue weighted by atomic mass is 10.00. The zero-order valence-corrected chi connectivity index (χ0v) is 14.5. The van der Waals surface area contributed by atoms with Gasteiger partial charge in [-0.1, -0.05) is 30.3 Å². The van der Waals surface area contributed by atoms with Crippen molar-refractivity contribution >= 4 is 27.6 Å². The van der Waals surface area contributed by atoms with Gasteiger partial charge in [-0.2, -0.15) is 13.2 Å². The summed E-state index contributed by atoms with van der Waals surface area (Å²) in [6.45, 7) is -0.425. The van der Waals surface area contributed by atoms with Gasteiger partial charge < -0.3 is 5.32 Å². The molecule has 140 valence electrons. The smallest absolute Gasteiger partial charge is 0.348 e. The van der Waals surface area contributed by atoms with Gasteiger partial charge in [0.05, 0.1) is 17.6 Å². The SMILES string of the molecule is O=C(N[C@H]1CCN(CC(F)(F)F)C1)c1cc2ccccc2c2cccnc12. The Labute approximate surface area is 154 Å². The summed E-state index contributed by atoms with van der Waals surface area (Å²) in [4.78, 5) is 18.5. The largest absolute Gasteiger partial charge is 0.401 e. The Kier molecular flexibility index (Phi) is 4.47. The standard InChI is InChI=1S/C20H18F3N3O/c21-20(22,23)12-26-9-7-14(11-26)25-19(27)17-10-13-4-1-2-5-15(13)16-6-3-8-24-18(16)17/h1-6,8,10,14H,7,9,11-12H2,(H,25,27)/t14-/m0/s1. The number of hydrogen-bond acceptors (Lipinski definition) is 3. The molecule has 1 N–H and O–H groups in total. The van der Waals surface area contributed by atoms with Crippen LogP contribution in [0.4, 0.5) is 13.2 Å². The van der Waals surface area contributed by atoms with E-state index in [4.69, 9.17) is 0 Å². The van der Waals surface area contributed by atoms with Crippen LogP contribution >= 0.6 is 0 Å². The van der Waals surface area contributed by atoms with Crippen molar-refractivity contribution in [1.82, 2.24) is 15.2 Å². The molecule has 7 heteroatoms. The number of benzene rings is 2. The van der Waals surface area contributed by atoms with Crippen molar-refractivity contribution in [3.8, 4) is 0 Å². The topological polar surface area (TPSA) is 45.2 Å². The van der Waals surface area contributed by atoms with E-state index in [1.54, 1.807) is 12.3 Å². The highest BCUT2D eigenvalue weighted by atomic mass is 19.4. The van der Waals surface area contributed by atoms with Crippen molar-refractivity contribution in [3.63, 3.8) is 0 Å². The van der Waals surface area contributed by atoms with Gasteiger partial charge in [0.25, 0.3) is 5.91 Å². The number of halogens is 3. The van der Waals surface area contributed by atoms with Gasteiger partial charge in [-0.3, -0.25) is 14.7 Å². The van der Waals surface area contributed by atoms with Crippen molar-refractivity contribution < 1.29 is 18.0 Å². The quantitative estimate of drug-likeness (QED) is 0.711. The van der Waals surface area contributed by atoms with Crippen LogP contribution in [-0.4, -0.2) is 47.6 Å². The summed E-state index contributed by atoms with van der Waals surface area (Å²) in [6.07, 6.45) is -2.09. The van der Waals surface area contributed by atoms with E-state index < -0.39 is 12.7 Å². The number of fused-ring (bicyclic) bond motifs is 3. The van der Waals surface area contributed by atoms with Crippen LogP contribution in [0, 0.1) is 0 Å². The summed E-state index contributed by atoms with van der Waals surface area (Å²) in [5.41, 5.74) is 1.04. The Hall–Kier alpha value is -2.67. The van der Waals surface area contributed by atoms with Gasteiger partial charge in [0, 0.05) is 30.7 Å². The van der Waals surface area contributed by atoms with Crippen LogP contribution in [0.15, 0.2) is 48.7 Å². The molecule has 3 aromatic rings. The molecule has 4 nitrogen and oxygen atoms in total. The number of hydrogen-bond donors (Lipinski definition) is 1. The molecule has 1 saturated heterocycles. The lowest BCUT2D eigenvalue weighted by molar-refractivity contribution is -0.143. The molecular weight excluding hydrogens is 355 g/mol. The van der Waals surface area contributed by atoms with E-state index in [1.807, 2.05) is 36.4 Å². The van der Waals surface area contributed by atoms with E-state index in [1.165, 1.54) is 4.90 Å². The number of alkyl halides is 3. The number of rotatable bonds is 3. The minimum absolute atomic E-state index is 0.199. The number of nitrogens with zero attached hydrogens (tertiary/aromatic N) is 2. The number of carbonyl (C=O) groups is 1. The normalized spacial score (nSPS) is 18.3. The number of carbonyl (C=O) groups excluding carboxylic acids is 1. The maximum Gasteiger partial charge on any atom is 0.401 e. The fourth-order valence-electron chi connectivity index (χ4n) is 3.71. The van der Waals surface area contributed by atoms with E-state index in [0.717, 1.165) is 16.2 Å². The van der Waals surface area contributed by atoms with Gasteiger partial charge in [-0.05, 0) is 29.3 Å². The van der Waals surface area contributed by atoms with Crippen LogP contribution in [0.1, 0.15) is 16.8 Å². The average molecular weight is 373 g/mol. The Morgan fingerprint density at radius 2 is 1.96 bits per heavy atom. The highest BCUT2D eigenvalue weighted by Gasteiger charge is 2.34. The van der Waals surface area contributed by atoms with Gasteiger partial charge in [0.15, 0.2) is 0 Å². The lowest BCUT2D eigenvalue weighted by Crippen LogP contribution is -2.39. The number of pyridine rings is 1. The molecule has 4 rings (SSSR count). The Balaban J connectivity index is 1.60. The molecule has 27 heavy (non-hydrogen) atoms. The molecule has 2 heterocycles. The molecule has 1 amide bonds. The molecule has 0 bridgehead atoms. The molecule has 1 aliphatic heterocycles. The Morgan fingerprint density at radius 3 is 2.78 bits per heavy atom. The Morgan fingerprint density at radius 1 is 1.19 bits per heavy atom. The van der Waals surface area contributed by atoms with Crippen molar-refractivity contribution in [2.45, 2.75) is 18.6 Å². The average Bonchev–Trinajstić information content (AvgIpc) is 3.05. The van der Waals surface area contributed by atoms with E-state index in [9.17, 15) is 18.0 Å². The van der Waals surface area contributed by atoms with Crippen molar-refractivity contribution in [1.29, 1.82) is 0 Å². The van der Waals surface area contributed by atoms with E-state index in [-0.39, 0.29) is 18.5 Å². The summed E-state index contributed by atoms with van der Waals surface area (Å²) in [5.74, 6) is -0.302. The first-order chi connectivity index (χ1) is 12.9. The van der Waals surface area contributed by atoms with Crippen LogP contribution in [0.5, 0.6) is 0 Å². The first kappa shape index (κ1) is 17.7. The van der Waals surface area contributed by atoms with Crippen molar-refractivity contribution in [3.05, 3.63) is 54.2 Å². The molecule has 1 fully saturated rings. The molecule has 1 aliphatic rings. The molecule has 1 atom stereocenters. The Bertz CT molecular complexity index is 1000. The van der Waals surface area contributed by atoms with E-state index in [2.05, 4.69) is 10.3 Å². The molecule has 0 saturated carbocycles. The van der Waals surface area contributed by atoms with Crippen LogP contribution in [-0.2, 0) is 0 Å². The minimum Gasteiger partial charge on any atom is -0.348 e. The van der Waals surface area contributed by atoms with Gasteiger partial charge >= 0.3 is 6.18 Å². The monoisotopic (exact) mass is 373 g/mol. The third-order valence-electron chi connectivity index (χ3n) is 4.87. The first-order valence-electron chi connectivity index (χ1n) is 8.77. The molecule has 0 radical (unpaired) electrons.